The Morgan fingerprint density at radius 1 is 1.38 bits per heavy atom. The average Bonchev–Trinajstić information content (AvgIpc) is 2.77. The van der Waals surface area contributed by atoms with Gasteiger partial charge in [0.1, 0.15) is 5.82 Å². The molecule has 0 saturated carbocycles. The summed E-state index contributed by atoms with van der Waals surface area (Å²) in [5.41, 5.74) is 2.93. The van der Waals surface area contributed by atoms with Gasteiger partial charge in [0.25, 0.3) is 0 Å². The van der Waals surface area contributed by atoms with Crippen molar-refractivity contribution in [2.24, 2.45) is 0 Å². The molecule has 5 heteroatoms. The van der Waals surface area contributed by atoms with Crippen LogP contribution in [0, 0.1) is 0 Å². The highest BCUT2D eigenvalue weighted by Gasteiger charge is 2.28. The van der Waals surface area contributed by atoms with Gasteiger partial charge in [0.05, 0.1) is 13.0 Å². The van der Waals surface area contributed by atoms with Crippen molar-refractivity contribution in [1.29, 1.82) is 0 Å². The lowest BCUT2D eigenvalue weighted by Gasteiger charge is -2.19. The average molecular weight is 302 g/mol. The number of hydrogen-bond acceptors (Lipinski definition) is 3. The first kappa shape index (κ1) is 13.9. The number of benzene rings is 1. The number of nitrogens with zero attached hydrogens (tertiary/aromatic N) is 2. The van der Waals surface area contributed by atoms with Crippen molar-refractivity contribution in [2.45, 2.75) is 19.9 Å². The zero-order chi connectivity index (χ0) is 14.8. The molecule has 3 rings (SSSR count). The summed E-state index contributed by atoms with van der Waals surface area (Å²) in [6.45, 7) is 3.32. The van der Waals surface area contributed by atoms with Crippen molar-refractivity contribution in [2.75, 3.05) is 16.8 Å². The summed E-state index contributed by atoms with van der Waals surface area (Å²) in [7, 11) is 0. The number of anilines is 2. The molecule has 108 valence electrons. The van der Waals surface area contributed by atoms with Crippen LogP contribution in [0.2, 0.25) is 5.02 Å². The highest BCUT2D eigenvalue weighted by molar-refractivity contribution is 6.31. The van der Waals surface area contributed by atoms with Gasteiger partial charge >= 0.3 is 0 Å². The minimum absolute atomic E-state index is 0.0959. The maximum absolute atomic E-state index is 12.3. The standard InChI is InChI=1S/C16H16ClN3O/c1-2-18-16-12(4-3-7-19-16)10-20-14-9-13(17)6-5-11(14)8-15(20)21/h3-7,9H,2,8,10H2,1H3,(H,18,19). The molecule has 0 fully saturated rings. The molecule has 1 aliphatic rings. The Morgan fingerprint density at radius 2 is 2.24 bits per heavy atom. The van der Waals surface area contributed by atoms with E-state index in [4.69, 9.17) is 11.6 Å². The lowest BCUT2D eigenvalue weighted by molar-refractivity contribution is -0.117. The number of carbonyl (C=O) groups is 1. The molecule has 0 bridgehead atoms. The van der Waals surface area contributed by atoms with E-state index in [-0.39, 0.29) is 5.91 Å². The molecule has 0 radical (unpaired) electrons. The Balaban J connectivity index is 1.93. The number of rotatable bonds is 4. The van der Waals surface area contributed by atoms with Gasteiger partial charge in [-0.05, 0) is 30.7 Å². The number of carbonyl (C=O) groups excluding carboxylic acids is 1. The molecule has 2 heterocycles. The van der Waals surface area contributed by atoms with Crippen LogP contribution < -0.4 is 10.2 Å². The summed E-state index contributed by atoms with van der Waals surface area (Å²) < 4.78 is 0. The number of nitrogens with one attached hydrogen (secondary N) is 1. The van der Waals surface area contributed by atoms with Crippen LogP contribution in [0.25, 0.3) is 0 Å². The minimum atomic E-state index is 0.0959. The summed E-state index contributed by atoms with van der Waals surface area (Å²) in [6.07, 6.45) is 2.18. The normalized spacial score (nSPS) is 13.4. The van der Waals surface area contributed by atoms with Gasteiger partial charge in [0.15, 0.2) is 0 Å². The fraction of sp³-hybridized carbons (Fsp3) is 0.250. The fourth-order valence-corrected chi connectivity index (χ4v) is 2.73. The zero-order valence-electron chi connectivity index (χ0n) is 11.8. The van der Waals surface area contributed by atoms with Crippen molar-refractivity contribution < 1.29 is 4.79 Å². The third kappa shape index (κ3) is 2.72. The maximum Gasteiger partial charge on any atom is 0.231 e. The second-order valence-corrected chi connectivity index (χ2v) is 5.41. The van der Waals surface area contributed by atoms with Crippen LogP contribution in [0.15, 0.2) is 36.5 Å². The minimum Gasteiger partial charge on any atom is -0.370 e. The summed E-state index contributed by atoms with van der Waals surface area (Å²) in [5.74, 6) is 0.918. The number of halogens is 1. The predicted molar refractivity (Wildman–Crippen MR) is 84.7 cm³/mol. The van der Waals surface area contributed by atoms with Crippen LogP contribution >= 0.6 is 11.6 Å². The van der Waals surface area contributed by atoms with E-state index in [1.165, 1.54) is 0 Å². The first-order valence-electron chi connectivity index (χ1n) is 6.95. The van der Waals surface area contributed by atoms with E-state index in [9.17, 15) is 4.79 Å². The smallest absolute Gasteiger partial charge is 0.231 e. The van der Waals surface area contributed by atoms with Gasteiger partial charge in [-0.2, -0.15) is 0 Å². The van der Waals surface area contributed by atoms with Gasteiger partial charge in [-0.3, -0.25) is 4.79 Å². The maximum atomic E-state index is 12.3. The molecule has 1 aliphatic heterocycles. The van der Waals surface area contributed by atoms with Crippen LogP contribution in [-0.2, 0) is 17.8 Å². The summed E-state index contributed by atoms with van der Waals surface area (Å²) in [6, 6.07) is 9.47. The first-order chi connectivity index (χ1) is 10.2. The molecule has 0 unspecified atom stereocenters. The van der Waals surface area contributed by atoms with Gasteiger partial charge in [0.2, 0.25) is 5.91 Å². The summed E-state index contributed by atoms with van der Waals surface area (Å²) >= 11 is 6.06. The highest BCUT2D eigenvalue weighted by Crippen LogP contribution is 2.33. The number of amides is 1. The van der Waals surface area contributed by atoms with Crippen LogP contribution in [0.4, 0.5) is 11.5 Å². The quantitative estimate of drug-likeness (QED) is 0.943. The summed E-state index contributed by atoms with van der Waals surface area (Å²) in [5, 5.41) is 3.87. The van der Waals surface area contributed by atoms with E-state index < -0.39 is 0 Å². The van der Waals surface area contributed by atoms with Gasteiger partial charge < -0.3 is 10.2 Å². The van der Waals surface area contributed by atoms with Crippen LogP contribution in [0.1, 0.15) is 18.1 Å². The molecule has 4 nitrogen and oxygen atoms in total. The fourth-order valence-electron chi connectivity index (χ4n) is 2.57. The number of aromatic nitrogens is 1. The highest BCUT2D eigenvalue weighted by atomic mass is 35.5. The molecule has 1 amide bonds. The van der Waals surface area contributed by atoms with Gasteiger partial charge in [-0.15, -0.1) is 0 Å². The molecule has 1 aromatic heterocycles. The topological polar surface area (TPSA) is 45.2 Å². The Morgan fingerprint density at radius 3 is 3.05 bits per heavy atom. The Bertz CT molecular complexity index is 687. The monoisotopic (exact) mass is 301 g/mol. The van der Waals surface area contributed by atoms with E-state index in [2.05, 4.69) is 10.3 Å². The molecular weight excluding hydrogens is 286 g/mol. The summed E-state index contributed by atoms with van der Waals surface area (Å²) in [4.78, 5) is 18.4. The molecule has 1 aromatic carbocycles. The lowest BCUT2D eigenvalue weighted by Crippen LogP contribution is -2.26. The predicted octanol–water partition coefficient (Wildman–Crippen LogP) is 3.26. The van der Waals surface area contributed by atoms with Crippen molar-refractivity contribution >= 4 is 29.0 Å². The lowest BCUT2D eigenvalue weighted by atomic mass is 10.1. The molecule has 21 heavy (non-hydrogen) atoms. The van der Waals surface area contributed by atoms with E-state index >= 15 is 0 Å². The second-order valence-electron chi connectivity index (χ2n) is 4.97. The first-order valence-corrected chi connectivity index (χ1v) is 7.33. The largest absolute Gasteiger partial charge is 0.370 e. The van der Waals surface area contributed by atoms with Gasteiger partial charge in [-0.25, -0.2) is 4.98 Å². The molecule has 2 aromatic rings. The zero-order valence-corrected chi connectivity index (χ0v) is 12.5. The number of pyridine rings is 1. The van der Waals surface area contributed by atoms with Crippen molar-refractivity contribution in [3.8, 4) is 0 Å². The van der Waals surface area contributed by atoms with Crippen LogP contribution in [0.3, 0.4) is 0 Å². The molecule has 0 saturated heterocycles. The van der Waals surface area contributed by atoms with Gasteiger partial charge in [0, 0.05) is 29.0 Å². The Labute approximate surface area is 128 Å². The number of hydrogen-bond donors (Lipinski definition) is 1. The van der Waals surface area contributed by atoms with Crippen LogP contribution in [0.5, 0.6) is 0 Å². The Hall–Kier alpha value is -2.07. The molecule has 0 spiro atoms. The Kier molecular flexibility index (Phi) is 3.80. The van der Waals surface area contributed by atoms with Gasteiger partial charge in [-0.1, -0.05) is 23.7 Å². The van der Waals surface area contributed by atoms with Crippen molar-refractivity contribution in [1.82, 2.24) is 4.98 Å². The molecule has 0 aliphatic carbocycles. The van der Waals surface area contributed by atoms with E-state index in [0.717, 1.165) is 29.2 Å². The second kappa shape index (κ2) is 5.74. The SMILES string of the molecule is CCNc1ncccc1CN1C(=O)Cc2ccc(Cl)cc21. The van der Waals surface area contributed by atoms with Crippen LogP contribution in [-0.4, -0.2) is 17.4 Å². The van der Waals surface area contributed by atoms with E-state index in [0.29, 0.717) is 18.0 Å². The molecular formula is C16H16ClN3O. The van der Waals surface area contributed by atoms with Crippen molar-refractivity contribution in [3.05, 3.63) is 52.7 Å². The molecule has 0 atom stereocenters. The third-order valence-electron chi connectivity index (χ3n) is 3.54. The van der Waals surface area contributed by atoms with E-state index in [1.54, 1.807) is 11.1 Å². The third-order valence-corrected chi connectivity index (χ3v) is 3.78. The van der Waals surface area contributed by atoms with E-state index in [1.807, 2.05) is 37.3 Å². The molecule has 1 N–H and O–H groups in total. The number of fused-ring (bicyclic) bond motifs is 1. The van der Waals surface area contributed by atoms with Crippen molar-refractivity contribution in [3.63, 3.8) is 0 Å².